The van der Waals surface area contributed by atoms with Crippen LogP contribution < -0.4 is 5.48 Å². The van der Waals surface area contributed by atoms with E-state index in [-0.39, 0.29) is 5.78 Å². The molecule has 2 rings (SSSR count). The average Bonchev–Trinajstić information content (AvgIpc) is 3.25. The molecule has 0 unspecified atom stereocenters. The first-order chi connectivity index (χ1) is 13.6. The van der Waals surface area contributed by atoms with E-state index < -0.39 is 5.91 Å². The first-order valence-electron chi connectivity index (χ1n) is 9.24. The van der Waals surface area contributed by atoms with Crippen LogP contribution in [0.5, 0.6) is 0 Å². The van der Waals surface area contributed by atoms with Gasteiger partial charge in [-0.25, -0.2) is 5.48 Å². The third-order valence-corrected chi connectivity index (χ3v) is 6.34. The van der Waals surface area contributed by atoms with Crippen LogP contribution in [0, 0.1) is 0 Å². The molecule has 1 aromatic carbocycles. The maximum absolute atomic E-state index is 12.6. The monoisotopic (exact) mass is 418 g/mol. The van der Waals surface area contributed by atoms with Crippen molar-refractivity contribution in [3.05, 3.63) is 57.8 Å². The van der Waals surface area contributed by atoms with Crippen molar-refractivity contribution in [3.8, 4) is 0 Å². The van der Waals surface area contributed by atoms with Crippen molar-refractivity contribution in [1.82, 2.24) is 10.4 Å². The number of ketones is 1. The van der Waals surface area contributed by atoms with Crippen LogP contribution in [0.4, 0.5) is 0 Å². The number of carbonyl (C=O) groups excluding carboxylic acids is 2. The molecule has 0 fully saturated rings. The van der Waals surface area contributed by atoms with Crippen LogP contribution in [0.1, 0.15) is 34.6 Å². The summed E-state index contributed by atoms with van der Waals surface area (Å²) in [6.45, 7) is 7.36. The quantitative estimate of drug-likeness (QED) is 0.189. The Morgan fingerprint density at radius 2 is 2.04 bits per heavy atom. The van der Waals surface area contributed by atoms with Crippen molar-refractivity contribution in [1.29, 1.82) is 0 Å². The molecule has 2 N–H and O–H groups in total. The first-order valence-corrected chi connectivity index (χ1v) is 11.1. The van der Waals surface area contributed by atoms with E-state index in [1.54, 1.807) is 23.3 Å². The van der Waals surface area contributed by atoms with E-state index >= 15 is 0 Å². The number of rotatable bonds is 11. The van der Waals surface area contributed by atoms with Crippen molar-refractivity contribution in [2.24, 2.45) is 0 Å². The second-order valence-corrected chi connectivity index (χ2v) is 8.21. The van der Waals surface area contributed by atoms with Gasteiger partial charge >= 0.3 is 0 Å². The highest BCUT2D eigenvalue weighted by atomic mass is 32.2. The summed E-state index contributed by atoms with van der Waals surface area (Å²) in [5.41, 5.74) is 3.34. The molecule has 28 heavy (non-hydrogen) atoms. The van der Waals surface area contributed by atoms with Crippen LogP contribution in [-0.2, 0) is 11.2 Å². The van der Waals surface area contributed by atoms with Crippen LogP contribution >= 0.6 is 23.1 Å². The van der Waals surface area contributed by atoms with Gasteiger partial charge in [-0.1, -0.05) is 32.0 Å². The molecule has 2 aromatic rings. The van der Waals surface area contributed by atoms with E-state index in [1.165, 1.54) is 17.4 Å². The van der Waals surface area contributed by atoms with Gasteiger partial charge in [-0.05, 0) is 47.8 Å². The highest BCUT2D eigenvalue weighted by Gasteiger charge is 2.13. The summed E-state index contributed by atoms with van der Waals surface area (Å²) in [4.78, 5) is 28.0. The smallest absolute Gasteiger partial charge is 0.267 e. The van der Waals surface area contributed by atoms with Crippen molar-refractivity contribution < 1.29 is 14.8 Å². The lowest BCUT2D eigenvalue weighted by Crippen LogP contribution is -2.25. The number of hydrogen-bond acceptors (Lipinski definition) is 6. The largest absolute Gasteiger partial charge is 0.303 e. The number of benzene rings is 1. The Balaban J connectivity index is 2.18. The fraction of sp³-hybridized carbons (Fsp3) is 0.333. The van der Waals surface area contributed by atoms with E-state index in [9.17, 15) is 9.59 Å². The Morgan fingerprint density at radius 3 is 2.68 bits per heavy atom. The molecule has 1 aromatic heterocycles. The van der Waals surface area contributed by atoms with Gasteiger partial charge in [0.25, 0.3) is 5.91 Å². The van der Waals surface area contributed by atoms with Gasteiger partial charge in [0.15, 0.2) is 5.78 Å². The molecule has 1 amide bonds. The fourth-order valence-electron chi connectivity index (χ4n) is 2.71. The lowest BCUT2D eigenvalue weighted by atomic mass is 10.0. The molecule has 0 radical (unpaired) electrons. The molecule has 0 spiro atoms. The van der Waals surface area contributed by atoms with Gasteiger partial charge in [0.1, 0.15) is 0 Å². The predicted octanol–water partition coefficient (Wildman–Crippen LogP) is 4.13. The number of nitrogens with zero attached hydrogens (tertiary/aromatic N) is 1. The number of Topliss-reactive ketones (excluding diaryl/α,β-unsaturated/α-hetero) is 1. The standard InChI is InChI=1S/C21H26N2O3S2/c1-3-23(4-2)11-13-28-19-9-7-16(8-10-21(25)22-26)14-17(19)15-18(24)20-6-5-12-27-20/h5-10,12,14,26H,3-4,11,13,15H2,1-2H3,(H,22,25)/b10-8+. The average molecular weight is 419 g/mol. The number of hydrogen-bond donors (Lipinski definition) is 2. The maximum Gasteiger partial charge on any atom is 0.267 e. The van der Waals surface area contributed by atoms with Gasteiger partial charge in [0, 0.05) is 29.7 Å². The van der Waals surface area contributed by atoms with Gasteiger partial charge in [-0.15, -0.1) is 23.1 Å². The zero-order valence-corrected chi connectivity index (χ0v) is 17.8. The van der Waals surface area contributed by atoms with Crippen molar-refractivity contribution in [3.63, 3.8) is 0 Å². The van der Waals surface area contributed by atoms with Crippen LogP contribution in [-0.4, -0.2) is 47.2 Å². The Kier molecular flexibility index (Phi) is 9.43. The second kappa shape index (κ2) is 11.8. The molecule has 150 valence electrons. The molecule has 0 aliphatic carbocycles. The molecule has 0 saturated carbocycles. The summed E-state index contributed by atoms with van der Waals surface area (Å²) in [5, 5.41) is 10.5. The summed E-state index contributed by atoms with van der Waals surface area (Å²) >= 11 is 3.20. The third-order valence-electron chi connectivity index (χ3n) is 4.33. The topological polar surface area (TPSA) is 69.6 Å². The number of carbonyl (C=O) groups is 2. The van der Waals surface area contributed by atoms with Crippen LogP contribution in [0.15, 0.2) is 46.7 Å². The van der Waals surface area contributed by atoms with Gasteiger partial charge in [0.05, 0.1) is 4.88 Å². The molecule has 0 bridgehead atoms. The van der Waals surface area contributed by atoms with E-state index in [0.717, 1.165) is 46.3 Å². The van der Waals surface area contributed by atoms with Gasteiger partial charge in [-0.3, -0.25) is 14.8 Å². The van der Waals surface area contributed by atoms with E-state index in [2.05, 4.69) is 18.7 Å². The highest BCUT2D eigenvalue weighted by Crippen LogP contribution is 2.26. The molecular weight excluding hydrogens is 392 g/mol. The summed E-state index contributed by atoms with van der Waals surface area (Å²) in [6.07, 6.45) is 3.20. The van der Waals surface area contributed by atoms with Gasteiger partial charge in [-0.2, -0.15) is 0 Å². The molecule has 0 atom stereocenters. The summed E-state index contributed by atoms with van der Waals surface area (Å²) < 4.78 is 0. The summed E-state index contributed by atoms with van der Waals surface area (Å²) in [6, 6.07) is 9.58. The molecular formula is C21H26N2O3S2. The first kappa shape index (κ1) is 22.4. The maximum atomic E-state index is 12.6. The zero-order chi connectivity index (χ0) is 20.4. The molecule has 0 aliphatic heterocycles. The zero-order valence-electron chi connectivity index (χ0n) is 16.2. The molecule has 1 heterocycles. The van der Waals surface area contributed by atoms with Crippen molar-refractivity contribution in [2.75, 3.05) is 25.4 Å². The Hall–Kier alpha value is -1.93. The number of hydroxylamine groups is 1. The lowest BCUT2D eigenvalue weighted by Gasteiger charge is -2.18. The number of thiophene rings is 1. The number of thioether (sulfide) groups is 1. The SMILES string of the molecule is CCN(CC)CCSc1ccc(/C=C/C(=O)NO)cc1CC(=O)c1cccs1. The summed E-state index contributed by atoms with van der Waals surface area (Å²) in [5.74, 6) is 0.452. The lowest BCUT2D eigenvalue weighted by molar-refractivity contribution is -0.124. The van der Waals surface area contributed by atoms with Crippen molar-refractivity contribution >= 4 is 40.9 Å². The third kappa shape index (κ3) is 6.91. The minimum atomic E-state index is -0.589. The van der Waals surface area contributed by atoms with E-state index in [4.69, 9.17) is 5.21 Å². The normalized spacial score (nSPS) is 11.3. The van der Waals surface area contributed by atoms with Crippen LogP contribution in [0.3, 0.4) is 0 Å². The molecule has 7 heteroatoms. The second-order valence-electron chi connectivity index (χ2n) is 6.13. The summed E-state index contributed by atoms with van der Waals surface area (Å²) in [7, 11) is 0. The predicted molar refractivity (Wildman–Crippen MR) is 116 cm³/mol. The van der Waals surface area contributed by atoms with Crippen LogP contribution in [0.25, 0.3) is 6.08 Å². The van der Waals surface area contributed by atoms with E-state index in [1.807, 2.05) is 35.7 Å². The fourth-order valence-corrected chi connectivity index (χ4v) is 4.43. The molecule has 0 saturated heterocycles. The Morgan fingerprint density at radius 1 is 1.25 bits per heavy atom. The molecule has 0 aliphatic rings. The Bertz CT molecular complexity index is 800. The molecule has 5 nitrogen and oxygen atoms in total. The van der Waals surface area contributed by atoms with Gasteiger partial charge < -0.3 is 4.90 Å². The highest BCUT2D eigenvalue weighted by molar-refractivity contribution is 7.99. The number of amides is 1. The minimum absolute atomic E-state index is 0.0924. The Labute approximate surface area is 174 Å². The minimum Gasteiger partial charge on any atom is -0.303 e. The van der Waals surface area contributed by atoms with Gasteiger partial charge in [0.2, 0.25) is 0 Å². The van der Waals surface area contributed by atoms with Crippen LogP contribution in [0.2, 0.25) is 0 Å². The van der Waals surface area contributed by atoms with E-state index in [0.29, 0.717) is 6.42 Å². The van der Waals surface area contributed by atoms with Crippen molar-refractivity contribution in [2.45, 2.75) is 25.2 Å². The number of nitrogens with one attached hydrogen (secondary N) is 1.